The van der Waals surface area contributed by atoms with Gasteiger partial charge in [-0.05, 0) is 0 Å². The predicted octanol–water partition coefficient (Wildman–Crippen LogP) is 0.264. The number of methoxy groups -OCH3 is 2. The summed E-state index contributed by atoms with van der Waals surface area (Å²) in [7, 11) is 3.20. The van der Waals surface area contributed by atoms with Gasteiger partial charge in [0.1, 0.15) is 19.0 Å². The fourth-order valence-electron chi connectivity index (χ4n) is 1.43. The number of anilines is 1. The molecular formula is C13H23N3O5. The molecule has 0 amide bonds. The minimum Gasteiger partial charge on any atom is -0.475 e. The highest BCUT2D eigenvalue weighted by atomic mass is 16.6. The van der Waals surface area contributed by atoms with Crippen molar-refractivity contribution in [2.45, 2.75) is 6.61 Å². The standard InChI is InChI=1S/C13H23N3O5/c1-17-3-4-19-5-6-20-7-8-21-13-9-11(14)15-12(16-13)10-18-2/h9H,3-8,10H2,1-2H3,(H2,14,15,16). The van der Waals surface area contributed by atoms with E-state index in [1.807, 2.05) is 0 Å². The molecule has 2 N–H and O–H groups in total. The monoisotopic (exact) mass is 301 g/mol. The van der Waals surface area contributed by atoms with Crippen LogP contribution in [0.4, 0.5) is 5.82 Å². The molecule has 0 fully saturated rings. The van der Waals surface area contributed by atoms with Gasteiger partial charge in [-0.25, -0.2) is 4.98 Å². The molecular weight excluding hydrogens is 278 g/mol. The first-order valence-corrected chi connectivity index (χ1v) is 6.66. The molecule has 1 heterocycles. The topological polar surface area (TPSA) is 98.0 Å². The number of ether oxygens (including phenoxy) is 5. The molecule has 1 aromatic heterocycles. The molecule has 0 aliphatic carbocycles. The fourth-order valence-corrected chi connectivity index (χ4v) is 1.43. The zero-order valence-electron chi connectivity index (χ0n) is 12.5. The van der Waals surface area contributed by atoms with Crippen LogP contribution in [0.3, 0.4) is 0 Å². The summed E-state index contributed by atoms with van der Waals surface area (Å²) < 4.78 is 25.9. The number of hydrogen-bond donors (Lipinski definition) is 1. The van der Waals surface area contributed by atoms with Crippen LogP contribution in [0.25, 0.3) is 0 Å². The van der Waals surface area contributed by atoms with Crippen molar-refractivity contribution in [3.05, 3.63) is 11.9 Å². The summed E-state index contributed by atoms with van der Waals surface area (Å²) >= 11 is 0. The lowest BCUT2D eigenvalue weighted by atomic mass is 10.5. The van der Waals surface area contributed by atoms with Crippen molar-refractivity contribution in [2.75, 3.05) is 59.6 Å². The Morgan fingerprint density at radius 2 is 1.57 bits per heavy atom. The predicted molar refractivity (Wildman–Crippen MR) is 76.2 cm³/mol. The zero-order chi connectivity index (χ0) is 15.3. The highest BCUT2D eigenvalue weighted by molar-refractivity contribution is 5.32. The minimum atomic E-state index is 0.288. The van der Waals surface area contributed by atoms with Gasteiger partial charge in [0.05, 0.1) is 33.0 Å². The van der Waals surface area contributed by atoms with Crippen molar-refractivity contribution < 1.29 is 23.7 Å². The average Bonchev–Trinajstić information content (AvgIpc) is 2.45. The molecule has 0 saturated carbocycles. The Bertz CT molecular complexity index is 392. The second-order valence-electron chi connectivity index (χ2n) is 4.05. The first-order valence-electron chi connectivity index (χ1n) is 6.66. The van der Waals surface area contributed by atoms with Gasteiger partial charge in [-0.1, -0.05) is 0 Å². The second-order valence-corrected chi connectivity index (χ2v) is 4.05. The first-order chi connectivity index (χ1) is 10.3. The van der Waals surface area contributed by atoms with Gasteiger partial charge < -0.3 is 29.4 Å². The normalized spacial score (nSPS) is 10.8. The van der Waals surface area contributed by atoms with Crippen molar-refractivity contribution in [3.63, 3.8) is 0 Å². The maximum Gasteiger partial charge on any atom is 0.218 e. The largest absolute Gasteiger partial charge is 0.475 e. The molecule has 120 valence electrons. The molecule has 1 rings (SSSR count). The summed E-state index contributed by atoms with van der Waals surface area (Å²) in [5.41, 5.74) is 5.65. The maximum absolute atomic E-state index is 5.65. The van der Waals surface area contributed by atoms with Crippen LogP contribution in [0.5, 0.6) is 5.88 Å². The van der Waals surface area contributed by atoms with Crippen molar-refractivity contribution in [3.8, 4) is 5.88 Å². The van der Waals surface area contributed by atoms with Gasteiger partial charge in [-0.15, -0.1) is 0 Å². The molecule has 8 nitrogen and oxygen atoms in total. The molecule has 0 saturated heterocycles. The minimum absolute atomic E-state index is 0.288. The van der Waals surface area contributed by atoms with E-state index in [0.717, 1.165) is 0 Å². The SMILES string of the molecule is COCCOCCOCCOc1cc(N)nc(COC)n1. The Kier molecular flexibility index (Phi) is 9.38. The van der Waals surface area contributed by atoms with Crippen LogP contribution in [0, 0.1) is 0 Å². The lowest BCUT2D eigenvalue weighted by molar-refractivity contribution is 0.0176. The molecule has 0 aliphatic heterocycles. The Morgan fingerprint density at radius 3 is 2.24 bits per heavy atom. The quantitative estimate of drug-likeness (QED) is 0.549. The Morgan fingerprint density at radius 1 is 0.905 bits per heavy atom. The van der Waals surface area contributed by atoms with Gasteiger partial charge >= 0.3 is 0 Å². The van der Waals surface area contributed by atoms with Crippen LogP contribution < -0.4 is 10.5 Å². The third-order valence-corrected chi connectivity index (χ3v) is 2.32. The number of hydrogen-bond acceptors (Lipinski definition) is 8. The summed E-state index contributed by atoms with van der Waals surface area (Å²) in [5.74, 6) is 1.24. The summed E-state index contributed by atoms with van der Waals surface area (Å²) in [4.78, 5) is 8.18. The fraction of sp³-hybridized carbons (Fsp3) is 0.692. The van der Waals surface area contributed by atoms with Crippen LogP contribution in [-0.2, 0) is 25.6 Å². The number of nitrogens with zero attached hydrogens (tertiary/aromatic N) is 2. The molecule has 0 spiro atoms. The van der Waals surface area contributed by atoms with Crippen LogP contribution in [0.2, 0.25) is 0 Å². The first kappa shape index (κ1) is 17.6. The third kappa shape index (κ3) is 8.41. The van der Waals surface area contributed by atoms with E-state index < -0.39 is 0 Å². The molecule has 0 atom stereocenters. The van der Waals surface area contributed by atoms with Crippen molar-refractivity contribution >= 4 is 5.82 Å². The molecule has 21 heavy (non-hydrogen) atoms. The van der Waals surface area contributed by atoms with E-state index in [4.69, 9.17) is 29.4 Å². The van der Waals surface area contributed by atoms with E-state index in [0.29, 0.717) is 57.2 Å². The van der Waals surface area contributed by atoms with E-state index in [1.54, 1.807) is 20.3 Å². The summed E-state index contributed by atoms with van der Waals surface area (Å²) in [5, 5.41) is 0. The Balaban J connectivity index is 2.12. The van der Waals surface area contributed by atoms with Crippen LogP contribution in [0.1, 0.15) is 5.82 Å². The number of aromatic nitrogens is 2. The zero-order valence-corrected chi connectivity index (χ0v) is 12.5. The Labute approximate surface area is 124 Å². The lowest BCUT2D eigenvalue weighted by Crippen LogP contribution is -2.13. The van der Waals surface area contributed by atoms with Crippen molar-refractivity contribution in [2.24, 2.45) is 0 Å². The molecule has 0 radical (unpaired) electrons. The summed E-state index contributed by atoms with van der Waals surface area (Å²) in [6, 6.07) is 1.56. The van der Waals surface area contributed by atoms with Crippen molar-refractivity contribution in [1.29, 1.82) is 0 Å². The van der Waals surface area contributed by atoms with E-state index >= 15 is 0 Å². The van der Waals surface area contributed by atoms with E-state index in [9.17, 15) is 0 Å². The molecule has 8 heteroatoms. The van der Waals surface area contributed by atoms with Crippen LogP contribution in [0.15, 0.2) is 6.07 Å². The smallest absolute Gasteiger partial charge is 0.218 e. The van der Waals surface area contributed by atoms with E-state index in [-0.39, 0.29) is 6.61 Å². The molecule has 1 aromatic rings. The average molecular weight is 301 g/mol. The highest BCUT2D eigenvalue weighted by Crippen LogP contribution is 2.11. The summed E-state index contributed by atoms with van der Waals surface area (Å²) in [6.07, 6.45) is 0. The molecule has 0 aliphatic rings. The lowest BCUT2D eigenvalue weighted by Gasteiger charge is -2.08. The van der Waals surface area contributed by atoms with E-state index in [2.05, 4.69) is 9.97 Å². The van der Waals surface area contributed by atoms with E-state index in [1.165, 1.54) is 0 Å². The highest BCUT2D eigenvalue weighted by Gasteiger charge is 2.03. The third-order valence-electron chi connectivity index (χ3n) is 2.32. The van der Waals surface area contributed by atoms with Gasteiger partial charge in [0.15, 0.2) is 5.82 Å². The van der Waals surface area contributed by atoms with Crippen molar-refractivity contribution in [1.82, 2.24) is 9.97 Å². The molecule has 0 bridgehead atoms. The second kappa shape index (κ2) is 11.2. The number of nitrogens with two attached hydrogens (primary N) is 1. The van der Waals surface area contributed by atoms with Crippen LogP contribution in [-0.4, -0.2) is 63.8 Å². The maximum atomic E-state index is 5.65. The number of rotatable bonds is 12. The van der Waals surface area contributed by atoms with Crippen LogP contribution >= 0.6 is 0 Å². The Hall–Kier alpha value is -1.48. The number of nitrogen functional groups attached to an aromatic ring is 1. The van der Waals surface area contributed by atoms with Gasteiger partial charge in [-0.3, -0.25) is 0 Å². The molecule has 0 unspecified atom stereocenters. The molecule has 0 aromatic carbocycles. The van der Waals surface area contributed by atoms with Gasteiger partial charge in [0.2, 0.25) is 5.88 Å². The summed E-state index contributed by atoms with van der Waals surface area (Å²) in [6.45, 7) is 3.30. The van der Waals surface area contributed by atoms with Gasteiger partial charge in [-0.2, -0.15) is 4.98 Å². The van der Waals surface area contributed by atoms with Gasteiger partial charge in [0.25, 0.3) is 0 Å². The van der Waals surface area contributed by atoms with Gasteiger partial charge in [0, 0.05) is 20.3 Å².